The van der Waals surface area contributed by atoms with E-state index >= 15 is 0 Å². The van der Waals surface area contributed by atoms with E-state index in [9.17, 15) is 4.79 Å². The van der Waals surface area contributed by atoms with E-state index in [4.69, 9.17) is 4.74 Å². The second-order valence-electron chi connectivity index (χ2n) is 5.66. The molecule has 1 N–H and O–H groups in total. The van der Waals surface area contributed by atoms with Crippen LogP contribution in [0.25, 0.3) is 0 Å². The predicted octanol–water partition coefficient (Wildman–Crippen LogP) is 0.625. The maximum absolute atomic E-state index is 12.8. The van der Waals surface area contributed by atoms with Crippen LogP contribution < -0.4 is 5.32 Å². The normalized spacial score (nSPS) is 37.9. The molecule has 0 bridgehead atoms. The van der Waals surface area contributed by atoms with Crippen molar-refractivity contribution in [2.24, 2.45) is 11.3 Å². The van der Waals surface area contributed by atoms with Crippen LogP contribution >= 0.6 is 0 Å². The molecule has 17 heavy (non-hydrogen) atoms. The molecular formula is C13H22N2O2. The summed E-state index contributed by atoms with van der Waals surface area (Å²) in [5.74, 6) is 0.793. The van der Waals surface area contributed by atoms with Crippen molar-refractivity contribution in [3.63, 3.8) is 0 Å². The molecular weight excluding hydrogens is 216 g/mol. The lowest BCUT2D eigenvalue weighted by Gasteiger charge is -2.41. The highest BCUT2D eigenvalue weighted by Crippen LogP contribution is 2.40. The number of likely N-dealkylation sites (tertiary alicyclic amines) is 1. The number of hydrogen-bond donors (Lipinski definition) is 1. The van der Waals surface area contributed by atoms with Crippen LogP contribution in [-0.4, -0.2) is 50.2 Å². The summed E-state index contributed by atoms with van der Waals surface area (Å²) in [7, 11) is 0. The van der Waals surface area contributed by atoms with Gasteiger partial charge in [0.2, 0.25) is 5.91 Å². The van der Waals surface area contributed by atoms with Crippen LogP contribution in [0.2, 0.25) is 0 Å². The molecule has 0 radical (unpaired) electrons. The smallest absolute Gasteiger partial charge is 0.230 e. The van der Waals surface area contributed by atoms with Crippen molar-refractivity contribution in [1.29, 1.82) is 0 Å². The minimum atomic E-state index is -0.143. The van der Waals surface area contributed by atoms with E-state index in [2.05, 4.69) is 10.2 Å². The Bertz CT molecular complexity index is 302. The lowest BCUT2D eigenvalue weighted by Crippen LogP contribution is -2.53. The molecule has 3 rings (SSSR count). The summed E-state index contributed by atoms with van der Waals surface area (Å²) in [6.45, 7) is 5.24. The first-order valence-corrected chi connectivity index (χ1v) is 6.91. The maximum Gasteiger partial charge on any atom is 0.230 e. The molecule has 4 nitrogen and oxygen atoms in total. The van der Waals surface area contributed by atoms with Crippen LogP contribution in [0.1, 0.15) is 25.7 Å². The van der Waals surface area contributed by atoms with E-state index in [1.165, 1.54) is 19.3 Å². The van der Waals surface area contributed by atoms with Gasteiger partial charge in [-0.15, -0.1) is 0 Å². The number of carbonyl (C=O) groups excluding carboxylic acids is 1. The Balaban J connectivity index is 1.77. The molecule has 3 saturated heterocycles. The Morgan fingerprint density at radius 1 is 1.29 bits per heavy atom. The predicted molar refractivity (Wildman–Crippen MR) is 64.7 cm³/mol. The van der Waals surface area contributed by atoms with Gasteiger partial charge in [-0.25, -0.2) is 0 Å². The van der Waals surface area contributed by atoms with Gasteiger partial charge in [-0.2, -0.15) is 0 Å². The highest BCUT2D eigenvalue weighted by molar-refractivity contribution is 5.84. The first kappa shape index (κ1) is 11.5. The number of amides is 1. The summed E-state index contributed by atoms with van der Waals surface area (Å²) in [5, 5.41) is 3.40. The molecule has 2 atom stereocenters. The molecule has 3 aliphatic rings. The summed E-state index contributed by atoms with van der Waals surface area (Å²) in [5.41, 5.74) is -0.143. The number of fused-ring (bicyclic) bond motifs is 1. The zero-order valence-corrected chi connectivity index (χ0v) is 10.4. The number of hydrogen-bond acceptors (Lipinski definition) is 3. The first-order chi connectivity index (χ1) is 8.33. The fourth-order valence-electron chi connectivity index (χ4n) is 3.57. The average Bonchev–Trinajstić information content (AvgIpc) is 2.84. The largest absolute Gasteiger partial charge is 0.381 e. The Labute approximate surface area is 103 Å². The van der Waals surface area contributed by atoms with E-state index in [0.717, 1.165) is 45.8 Å². The van der Waals surface area contributed by atoms with E-state index < -0.39 is 0 Å². The van der Waals surface area contributed by atoms with E-state index in [1.807, 2.05) is 0 Å². The quantitative estimate of drug-likeness (QED) is 0.728. The third kappa shape index (κ3) is 1.87. The Morgan fingerprint density at radius 2 is 2.12 bits per heavy atom. The van der Waals surface area contributed by atoms with Crippen LogP contribution in [0.15, 0.2) is 0 Å². The maximum atomic E-state index is 12.8. The number of piperidine rings is 1. The van der Waals surface area contributed by atoms with Crippen LogP contribution in [0.3, 0.4) is 0 Å². The van der Waals surface area contributed by atoms with Gasteiger partial charge in [0.15, 0.2) is 0 Å². The van der Waals surface area contributed by atoms with Crippen molar-refractivity contribution >= 4 is 5.91 Å². The third-order valence-electron chi connectivity index (χ3n) is 4.69. The lowest BCUT2D eigenvalue weighted by atomic mass is 9.73. The first-order valence-electron chi connectivity index (χ1n) is 6.91. The highest BCUT2D eigenvalue weighted by atomic mass is 16.5. The van der Waals surface area contributed by atoms with Crippen LogP contribution in [0, 0.1) is 11.3 Å². The Morgan fingerprint density at radius 3 is 2.94 bits per heavy atom. The van der Waals surface area contributed by atoms with Gasteiger partial charge in [0.1, 0.15) is 0 Å². The van der Waals surface area contributed by atoms with Crippen molar-refractivity contribution in [2.75, 3.05) is 39.4 Å². The number of carbonyl (C=O) groups is 1. The monoisotopic (exact) mass is 238 g/mol. The lowest BCUT2D eigenvalue weighted by molar-refractivity contribution is -0.151. The molecule has 4 heteroatoms. The Hall–Kier alpha value is -0.610. The fraction of sp³-hybridized carbons (Fsp3) is 0.923. The van der Waals surface area contributed by atoms with Crippen LogP contribution in [0.4, 0.5) is 0 Å². The topological polar surface area (TPSA) is 41.6 Å². The second kappa shape index (κ2) is 4.58. The molecule has 0 saturated carbocycles. The molecule has 3 aliphatic heterocycles. The standard InChI is InChI=1S/C13H22N2O2/c16-12(15-5-2-1-3-6-15)13-4-7-17-9-11(13)8-14-10-13/h11,14H,1-10H2. The molecule has 3 heterocycles. The zero-order valence-electron chi connectivity index (χ0n) is 10.4. The number of nitrogens with zero attached hydrogens (tertiary/aromatic N) is 1. The average molecular weight is 238 g/mol. The van der Waals surface area contributed by atoms with Crippen molar-refractivity contribution in [3.8, 4) is 0 Å². The van der Waals surface area contributed by atoms with Crippen molar-refractivity contribution in [1.82, 2.24) is 10.2 Å². The molecule has 96 valence electrons. The van der Waals surface area contributed by atoms with Gasteiger partial charge < -0.3 is 15.0 Å². The highest BCUT2D eigenvalue weighted by Gasteiger charge is 2.52. The van der Waals surface area contributed by atoms with Gasteiger partial charge in [-0.05, 0) is 25.7 Å². The molecule has 1 amide bonds. The SMILES string of the molecule is O=C(N1CCCCC1)C12CCOCC1CNC2. The van der Waals surface area contributed by atoms with Gasteiger partial charge in [-0.3, -0.25) is 4.79 Å². The second-order valence-corrected chi connectivity index (χ2v) is 5.66. The van der Waals surface area contributed by atoms with Gasteiger partial charge in [0.25, 0.3) is 0 Å². The van der Waals surface area contributed by atoms with Crippen molar-refractivity contribution < 1.29 is 9.53 Å². The van der Waals surface area contributed by atoms with Crippen LogP contribution in [-0.2, 0) is 9.53 Å². The van der Waals surface area contributed by atoms with Gasteiger partial charge in [0, 0.05) is 38.7 Å². The van der Waals surface area contributed by atoms with E-state index in [-0.39, 0.29) is 5.41 Å². The minimum Gasteiger partial charge on any atom is -0.381 e. The summed E-state index contributed by atoms with van der Waals surface area (Å²) in [6, 6.07) is 0. The molecule has 0 aliphatic carbocycles. The van der Waals surface area contributed by atoms with Crippen molar-refractivity contribution in [2.45, 2.75) is 25.7 Å². The zero-order chi connectivity index (χ0) is 11.7. The molecule has 0 aromatic heterocycles. The number of rotatable bonds is 1. The van der Waals surface area contributed by atoms with Gasteiger partial charge >= 0.3 is 0 Å². The van der Waals surface area contributed by atoms with Crippen LogP contribution in [0.5, 0.6) is 0 Å². The van der Waals surface area contributed by atoms with Crippen molar-refractivity contribution in [3.05, 3.63) is 0 Å². The number of ether oxygens (including phenoxy) is 1. The molecule has 0 aromatic rings. The van der Waals surface area contributed by atoms with Gasteiger partial charge in [-0.1, -0.05) is 0 Å². The van der Waals surface area contributed by atoms with Gasteiger partial charge in [0.05, 0.1) is 12.0 Å². The minimum absolute atomic E-state index is 0.143. The van der Waals surface area contributed by atoms with E-state index in [0.29, 0.717) is 11.8 Å². The number of nitrogens with one attached hydrogen (secondary N) is 1. The molecule has 0 spiro atoms. The summed E-state index contributed by atoms with van der Waals surface area (Å²) < 4.78 is 5.54. The molecule has 2 unspecified atom stereocenters. The summed E-state index contributed by atoms with van der Waals surface area (Å²) in [6.07, 6.45) is 4.54. The summed E-state index contributed by atoms with van der Waals surface area (Å²) in [4.78, 5) is 14.9. The summed E-state index contributed by atoms with van der Waals surface area (Å²) >= 11 is 0. The van der Waals surface area contributed by atoms with E-state index in [1.54, 1.807) is 0 Å². The molecule has 3 fully saturated rings. The molecule has 0 aromatic carbocycles. The fourth-order valence-corrected chi connectivity index (χ4v) is 3.57. The Kier molecular flexibility index (Phi) is 3.09. The third-order valence-corrected chi connectivity index (χ3v) is 4.69.